The second-order valence-corrected chi connectivity index (χ2v) is 17.3. The molecular formula is C36H38BrF4IN8O6S2. The van der Waals surface area contributed by atoms with Gasteiger partial charge in [-0.2, -0.15) is 5.26 Å². The van der Waals surface area contributed by atoms with Gasteiger partial charge in [0.1, 0.15) is 45.2 Å². The quantitative estimate of drug-likeness (QED) is 0.107. The van der Waals surface area contributed by atoms with Gasteiger partial charge in [0.15, 0.2) is 11.6 Å². The zero-order chi connectivity index (χ0) is 42.9. The summed E-state index contributed by atoms with van der Waals surface area (Å²) in [6.07, 6.45) is 1.64. The van der Waals surface area contributed by atoms with Gasteiger partial charge in [-0.3, -0.25) is 19.6 Å². The Balaban J connectivity index is 0.000000370. The molecule has 1 aliphatic heterocycles. The van der Waals surface area contributed by atoms with Gasteiger partial charge in [-0.1, -0.05) is 18.2 Å². The number of nitrogens with zero attached hydrogens (tertiary/aromatic N) is 5. The first-order chi connectivity index (χ1) is 26.5. The minimum Gasteiger partial charge on any atom is -0.369 e. The summed E-state index contributed by atoms with van der Waals surface area (Å²) in [5.41, 5.74) is 9.83. The van der Waals surface area contributed by atoms with E-state index in [-0.39, 0.29) is 76.9 Å². The Morgan fingerprint density at radius 1 is 0.948 bits per heavy atom. The van der Waals surface area contributed by atoms with Crippen molar-refractivity contribution in [2.45, 2.75) is 37.8 Å². The third kappa shape index (κ3) is 13.3. The summed E-state index contributed by atoms with van der Waals surface area (Å²) in [4.78, 5) is 37.8. The number of pyridine rings is 2. The molecule has 0 spiro atoms. The van der Waals surface area contributed by atoms with E-state index in [1.807, 2.05) is 0 Å². The van der Waals surface area contributed by atoms with Crippen LogP contribution in [0.5, 0.6) is 0 Å². The molecule has 2 aromatic carbocycles. The fraction of sp³-hybridized carbons (Fsp3) is 0.278. The maximum Gasteiger partial charge on any atom is 0.239 e. The van der Waals surface area contributed by atoms with E-state index in [0.29, 0.717) is 11.1 Å². The van der Waals surface area contributed by atoms with E-state index in [1.165, 1.54) is 64.3 Å². The molecule has 2 atom stereocenters. The molecule has 14 nitrogen and oxygen atoms in total. The predicted octanol–water partition coefficient (Wildman–Crippen LogP) is 4.58. The molecule has 0 saturated carbocycles. The number of Topliss-reactive ketones (excluding diaryl/α,β-unsaturated/α-hetero) is 2. The minimum absolute atomic E-state index is 0. The Morgan fingerprint density at radius 3 is 1.84 bits per heavy atom. The first kappa shape index (κ1) is 49.7. The molecule has 0 fully saturated rings. The number of carbonyl (C=O) groups excluding carboxylic acids is 2. The number of sulfonamides is 2. The molecule has 22 heteroatoms. The lowest BCUT2D eigenvalue weighted by molar-refractivity contribution is 0.0980. The molecule has 0 bridgehead atoms. The molecule has 0 amide bonds. The number of aromatic nitrogens is 2. The van der Waals surface area contributed by atoms with Crippen molar-refractivity contribution in [2.75, 3.05) is 25.6 Å². The van der Waals surface area contributed by atoms with E-state index in [2.05, 4.69) is 35.6 Å². The van der Waals surface area contributed by atoms with Crippen LogP contribution in [0.1, 0.15) is 57.1 Å². The molecule has 0 radical (unpaired) electrons. The number of nitrogens with one attached hydrogen (secondary N) is 1. The average molecular weight is 1030 g/mol. The van der Waals surface area contributed by atoms with Gasteiger partial charge in [0.25, 0.3) is 0 Å². The molecule has 58 heavy (non-hydrogen) atoms. The monoisotopic (exact) mass is 1020 g/mol. The zero-order valence-corrected chi connectivity index (χ0v) is 36.8. The Kier molecular flexibility index (Phi) is 17.6. The maximum atomic E-state index is 14.5. The fourth-order valence-electron chi connectivity index (χ4n) is 5.48. The van der Waals surface area contributed by atoms with E-state index < -0.39 is 65.9 Å². The molecule has 1 aliphatic rings. The van der Waals surface area contributed by atoms with Crippen molar-refractivity contribution < 1.29 is 44.0 Å². The van der Waals surface area contributed by atoms with Crippen LogP contribution >= 0.6 is 39.9 Å². The van der Waals surface area contributed by atoms with Crippen LogP contribution in [0.25, 0.3) is 0 Å². The number of nitriles is 1. The standard InChI is InChI=1S/C18H18F2N4O3S.C17H19F2N3O3S.CBrN.HI/c1-18(10-28(26,27)24(2)17(21)23-18)13-7-11(3-5-14(13)20)8-16(25)15-6-4-12(19)9-22-15;1-17(20,10-26(24,25)21-2)13-7-11(3-5-14(13)19)8-16(23)15-6-4-12(18)9-22-15;2-1-3;/h3-7,9H,8,10H2,1-2H3,(H2,21,23);3-7,9,21H,8,10,20H2,1-2H3;;1H/t18-;17-;;/m00../s1. The highest BCUT2D eigenvalue weighted by Gasteiger charge is 2.42. The van der Waals surface area contributed by atoms with Gasteiger partial charge in [0.05, 0.1) is 29.4 Å². The van der Waals surface area contributed by atoms with Crippen molar-refractivity contribution in [3.05, 3.63) is 130 Å². The fourth-order valence-corrected chi connectivity index (χ4v) is 8.02. The van der Waals surface area contributed by atoms with Gasteiger partial charge in [-0.15, -0.1) is 24.0 Å². The summed E-state index contributed by atoms with van der Waals surface area (Å²) in [7, 11) is -4.93. The number of hydrogen-bond donors (Lipinski definition) is 3. The molecule has 3 heterocycles. The highest BCUT2D eigenvalue weighted by atomic mass is 127. The number of carbonyl (C=O) groups is 2. The number of guanidine groups is 1. The van der Waals surface area contributed by atoms with E-state index in [1.54, 1.807) is 4.98 Å². The average Bonchev–Trinajstić information content (AvgIpc) is 3.12. The molecule has 312 valence electrons. The Labute approximate surface area is 358 Å². The van der Waals surface area contributed by atoms with Crippen LogP contribution in [-0.2, 0) is 44.0 Å². The molecule has 2 aromatic heterocycles. The largest absolute Gasteiger partial charge is 0.369 e. The molecule has 5 rings (SSSR count). The molecule has 5 N–H and O–H groups in total. The second-order valence-electron chi connectivity index (χ2n) is 13.0. The van der Waals surface area contributed by atoms with Crippen molar-refractivity contribution in [2.24, 2.45) is 16.5 Å². The number of nitrogens with two attached hydrogens (primary N) is 2. The van der Waals surface area contributed by atoms with Gasteiger partial charge >= 0.3 is 0 Å². The third-order valence-corrected chi connectivity index (χ3v) is 11.9. The molecular weight excluding hydrogens is 987 g/mol. The summed E-state index contributed by atoms with van der Waals surface area (Å²) in [5, 5.41) is 7.24. The van der Waals surface area contributed by atoms with Gasteiger partial charge in [-0.25, -0.2) is 48.4 Å². The van der Waals surface area contributed by atoms with Gasteiger partial charge < -0.3 is 11.5 Å². The summed E-state index contributed by atoms with van der Waals surface area (Å²) in [6.45, 7) is 2.86. The topological polar surface area (TPSA) is 232 Å². The van der Waals surface area contributed by atoms with E-state index in [0.717, 1.165) is 41.0 Å². The number of rotatable bonds is 11. The summed E-state index contributed by atoms with van der Waals surface area (Å²) < 4.78 is 106. The zero-order valence-electron chi connectivity index (χ0n) is 31.2. The van der Waals surface area contributed by atoms with E-state index >= 15 is 0 Å². The van der Waals surface area contributed by atoms with Crippen LogP contribution in [0.2, 0.25) is 0 Å². The molecule has 0 unspecified atom stereocenters. The number of benzene rings is 2. The predicted molar refractivity (Wildman–Crippen MR) is 222 cm³/mol. The Bertz CT molecular complexity index is 2420. The SMILES string of the molecule is CN1C(N)=N[C@](C)(c2cc(CC(=O)c3ccc(F)cn3)ccc2F)CS1(=O)=O.CNS(=O)(=O)C[C@](C)(N)c1cc(CC(=O)c2ccc(F)cn2)ccc1F.I.N#CBr. The van der Waals surface area contributed by atoms with E-state index in [4.69, 9.17) is 16.7 Å². The number of hydrogen-bond acceptors (Lipinski definition) is 12. The Hall–Kier alpha value is -4.41. The van der Waals surface area contributed by atoms with Crippen molar-refractivity contribution in [3.8, 4) is 4.98 Å². The minimum atomic E-state index is -3.77. The molecule has 0 aliphatic carbocycles. The van der Waals surface area contributed by atoms with Crippen molar-refractivity contribution >= 4 is 77.5 Å². The number of halogens is 6. The van der Waals surface area contributed by atoms with Crippen molar-refractivity contribution in [3.63, 3.8) is 0 Å². The normalized spacial score (nSPS) is 16.7. The lowest BCUT2D eigenvalue weighted by atomic mass is 9.91. The second kappa shape index (κ2) is 20.5. The number of ketones is 2. The lowest BCUT2D eigenvalue weighted by Crippen LogP contribution is -2.50. The van der Waals surface area contributed by atoms with Crippen LogP contribution in [-0.4, -0.2) is 74.2 Å². The summed E-state index contributed by atoms with van der Waals surface area (Å²) >= 11 is 2.45. The lowest BCUT2D eigenvalue weighted by Gasteiger charge is -2.34. The molecule has 0 saturated heterocycles. The first-order valence-corrected chi connectivity index (χ1v) is 20.4. The van der Waals surface area contributed by atoms with Crippen LogP contribution < -0.4 is 16.2 Å². The highest BCUT2D eigenvalue weighted by molar-refractivity contribution is 14.0. The van der Waals surface area contributed by atoms with Crippen LogP contribution in [0.15, 0.2) is 78.0 Å². The third-order valence-electron chi connectivity index (χ3n) is 8.38. The first-order valence-electron chi connectivity index (χ1n) is 16.4. The number of aliphatic imine (C=N–C) groups is 1. The van der Waals surface area contributed by atoms with Crippen molar-refractivity contribution in [1.29, 1.82) is 5.26 Å². The Morgan fingerprint density at radius 2 is 1.41 bits per heavy atom. The van der Waals surface area contributed by atoms with Crippen LogP contribution in [0.3, 0.4) is 0 Å². The van der Waals surface area contributed by atoms with Gasteiger partial charge in [-0.05, 0) is 74.5 Å². The van der Waals surface area contributed by atoms with Crippen LogP contribution in [0, 0.1) is 33.5 Å². The van der Waals surface area contributed by atoms with Crippen molar-refractivity contribution in [1.82, 2.24) is 19.0 Å². The summed E-state index contributed by atoms with van der Waals surface area (Å²) in [5.74, 6) is -4.46. The van der Waals surface area contributed by atoms with Crippen LogP contribution in [0.4, 0.5) is 17.6 Å². The maximum absolute atomic E-state index is 14.5. The highest BCUT2D eigenvalue weighted by Crippen LogP contribution is 2.34. The van der Waals surface area contributed by atoms with Gasteiger partial charge in [0, 0.05) is 46.9 Å². The van der Waals surface area contributed by atoms with E-state index in [9.17, 15) is 44.0 Å². The molecule has 4 aromatic rings. The van der Waals surface area contributed by atoms with Gasteiger partial charge in [0.2, 0.25) is 26.0 Å². The summed E-state index contributed by atoms with van der Waals surface area (Å²) in [6, 6.07) is 12.6. The smallest absolute Gasteiger partial charge is 0.239 e.